The van der Waals surface area contributed by atoms with E-state index < -0.39 is 5.97 Å². The molecule has 7 nitrogen and oxygen atoms in total. The molecule has 4 N–H and O–H groups in total. The second kappa shape index (κ2) is 11.6. The number of aromatic nitrogens is 1. The third kappa shape index (κ3) is 7.29. The quantitative estimate of drug-likeness (QED) is 0.297. The summed E-state index contributed by atoms with van der Waals surface area (Å²) in [5.41, 5.74) is 10.4. The zero-order valence-electron chi connectivity index (χ0n) is 18.9. The lowest BCUT2D eigenvalue weighted by molar-refractivity contribution is -0.135. The number of rotatable bonds is 12. The van der Waals surface area contributed by atoms with Crippen molar-refractivity contribution in [3.05, 3.63) is 96.2 Å². The minimum Gasteiger partial charge on any atom is -0.480 e. The Bertz CT molecular complexity index is 1100. The van der Waals surface area contributed by atoms with Crippen molar-refractivity contribution in [2.75, 3.05) is 12.0 Å². The summed E-state index contributed by atoms with van der Waals surface area (Å²) in [4.78, 5) is 16.4. The van der Waals surface area contributed by atoms with Crippen molar-refractivity contribution in [3.8, 4) is 5.88 Å². The Morgan fingerprint density at radius 3 is 2.67 bits per heavy atom. The van der Waals surface area contributed by atoms with Crippen LogP contribution in [0.2, 0.25) is 0 Å². The lowest BCUT2D eigenvalue weighted by Gasteiger charge is -2.12. The average molecular weight is 447 g/mol. The fraction of sp³-hybridized carbons (Fsp3) is 0.192. The minimum atomic E-state index is -0.925. The van der Waals surface area contributed by atoms with Gasteiger partial charge in [0.1, 0.15) is 6.54 Å². The van der Waals surface area contributed by atoms with E-state index in [1.165, 1.54) is 5.56 Å². The molecule has 0 fully saturated rings. The molecule has 0 saturated carbocycles. The molecule has 33 heavy (non-hydrogen) atoms. The second-order valence-corrected chi connectivity index (χ2v) is 7.86. The number of aliphatic carboxylic acids is 1. The van der Waals surface area contributed by atoms with Crippen molar-refractivity contribution >= 4 is 23.4 Å². The van der Waals surface area contributed by atoms with E-state index in [1.807, 2.05) is 71.4 Å². The summed E-state index contributed by atoms with van der Waals surface area (Å²) in [6.45, 7) is 8.69. The van der Waals surface area contributed by atoms with Crippen molar-refractivity contribution < 1.29 is 14.7 Å². The molecule has 0 bridgehead atoms. The van der Waals surface area contributed by atoms with E-state index in [1.54, 1.807) is 0 Å². The third-order valence-electron chi connectivity index (χ3n) is 5.02. The van der Waals surface area contributed by atoms with Gasteiger partial charge in [0.05, 0.1) is 5.69 Å². The van der Waals surface area contributed by atoms with Crippen molar-refractivity contribution in [2.45, 2.75) is 26.3 Å². The van der Waals surface area contributed by atoms with Gasteiger partial charge in [0.15, 0.2) is 0 Å². The first-order valence-corrected chi connectivity index (χ1v) is 10.8. The van der Waals surface area contributed by atoms with E-state index in [-0.39, 0.29) is 6.54 Å². The number of carboxylic acids is 1. The Kier molecular flexibility index (Phi) is 8.32. The summed E-state index contributed by atoms with van der Waals surface area (Å²) in [5, 5.41) is 11.6. The summed E-state index contributed by atoms with van der Waals surface area (Å²) < 4.78 is 1.96. The van der Waals surface area contributed by atoms with Gasteiger partial charge in [-0.2, -0.15) is 0 Å². The Morgan fingerprint density at radius 1 is 1.15 bits per heavy atom. The highest BCUT2D eigenvalue weighted by atomic mass is 16.7. The van der Waals surface area contributed by atoms with Crippen LogP contribution in [0.15, 0.2) is 79.5 Å². The van der Waals surface area contributed by atoms with E-state index in [2.05, 4.69) is 48.9 Å². The highest BCUT2D eigenvalue weighted by Gasteiger charge is 2.03. The van der Waals surface area contributed by atoms with Crippen LogP contribution in [-0.4, -0.2) is 22.2 Å². The highest BCUT2D eigenvalue weighted by Crippen LogP contribution is 2.17. The van der Waals surface area contributed by atoms with E-state index >= 15 is 0 Å². The molecular weight excluding hydrogens is 416 g/mol. The van der Waals surface area contributed by atoms with Gasteiger partial charge in [-0.15, -0.1) is 0 Å². The zero-order chi connectivity index (χ0) is 23.6. The molecule has 1 heterocycles. The van der Waals surface area contributed by atoms with Crippen LogP contribution in [0.1, 0.15) is 36.5 Å². The fourth-order valence-corrected chi connectivity index (χ4v) is 3.15. The van der Waals surface area contributed by atoms with E-state index in [0.29, 0.717) is 24.0 Å². The Balaban J connectivity index is 1.51. The topological polar surface area (TPSA) is 87.5 Å². The molecule has 1 aromatic heterocycles. The SMILES string of the molecule is C=C(NCC(=O)O)c1cccc(/C=C/Cn2cccc2ONNc2ccc(C(C)C)cc2)c1. The van der Waals surface area contributed by atoms with E-state index in [9.17, 15) is 4.79 Å². The van der Waals surface area contributed by atoms with Gasteiger partial charge in [-0.3, -0.25) is 10.2 Å². The van der Waals surface area contributed by atoms with Gasteiger partial charge in [-0.1, -0.05) is 68.5 Å². The Morgan fingerprint density at radius 2 is 1.94 bits per heavy atom. The summed E-state index contributed by atoms with van der Waals surface area (Å²) in [5.74, 6) is 0.242. The van der Waals surface area contributed by atoms with Crippen molar-refractivity contribution in [2.24, 2.45) is 0 Å². The van der Waals surface area contributed by atoms with Crippen LogP contribution in [0.3, 0.4) is 0 Å². The highest BCUT2D eigenvalue weighted by molar-refractivity contribution is 5.73. The largest absolute Gasteiger partial charge is 0.480 e. The third-order valence-corrected chi connectivity index (χ3v) is 5.02. The standard InChI is InChI=1S/C26H30N4O3/c1-19(2)22-11-13-24(14-12-22)28-29-33-25-10-6-16-30(25)15-5-8-21-7-4-9-23(17-21)20(3)27-18-26(31)32/h4-14,16-17,19,27-29H,3,15,18H2,1-2H3,(H,31,32)/b8-5+. The number of allylic oxidation sites excluding steroid dienone is 1. The van der Waals surface area contributed by atoms with Gasteiger partial charge in [-0.05, 0) is 46.9 Å². The second-order valence-electron chi connectivity index (χ2n) is 7.86. The first-order chi connectivity index (χ1) is 15.9. The van der Waals surface area contributed by atoms with Gasteiger partial charge in [0.25, 0.3) is 0 Å². The van der Waals surface area contributed by atoms with Crippen molar-refractivity contribution in [1.29, 1.82) is 0 Å². The van der Waals surface area contributed by atoms with Crippen LogP contribution >= 0.6 is 0 Å². The first kappa shape index (κ1) is 23.7. The maximum absolute atomic E-state index is 10.7. The lowest BCUT2D eigenvalue weighted by atomic mass is 10.0. The molecule has 3 aromatic rings. The number of nitrogens with zero attached hydrogens (tertiary/aromatic N) is 1. The van der Waals surface area contributed by atoms with Gasteiger partial charge in [0, 0.05) is 24.5 Å². The molecule has 172 valence electrons. The molecule has 2 aromatic carbocycles. The normalized spacial score (nSPS) is 11.0. The number of hydrazine groups is 1. The van der Waals surface area contributed by atoms with Gasteiger partial charge >= 0.3 is 5.97 Å². The number of hydrogen-bond donors (Lipinski definition) is 4. The van der Waals surface area contributed by atoms with Gasteiger partial charge in [0.2, 0.25) is 5.88 Å². The molecule has 3 rings (SSSR count). The number of carbonyl (C=O) groups is 1. The molecule has 7 heteroatoms. The predicted molar refractivity (Wildman–Crippen MR) is 132 cm³/mol. The number of benzene rings is 2. The van der Waals surface area contributed by atoms with Crippen LogP contribution in [0.25, 0.3) is 11.8 Å². The maximum atomic E-state index is 10.7. The summed E-state index contributed by atoms with van der Waals surface area (Å²) >= 11 is 0. The molecule has 0 aliphatic carbocycles. The Labute approximate surface area is 194 Å². The minimum absolute atomic E-state index is 0.165. The van der Waals surface area contributed by atoms with Crippen LogP contribution in [0.4, 0.5) is 5.69 Å². The van der Waals surface area contributed by atoms with Gasteiger partial charge < -0.3 is 19.8 Å². The Hall–Kier alpha value is -3.97. The molecule has 0 aliphatic heterocycles. The average Bonchev–Trinajstić information content (AvgIpc) is 3.25. The fourth-order valence-electron chi connectivity index (χ4n) is 3.15. The van der Waals surface area contributed by atoms with Crippen LogP contribution in [-0.2, 0) is 11.3 Å². The molecule has 0 aliphatic rings. The lowest BCUT2D eigenvalue weighted by Crippen LogP contribution is -2.26. The van der Waals surface area contributed by atoms with E-state index in [0.717, 1.165) is 16.8 Å². The number of hydrogen-bond acceptors (Lipinski definition) is 5. The molecule has 0 amide bonds. The molecule has 0 saturated heterocycles. The molecule has 0 atom stereocenters. The number of nitrogens with one attached hydrogen (secondary N) is 3. The molecular formula is C26H30N4O3. The predicted octanol–water partition coefficient (Wildman–Crippen LogP) is 4.88. The summed E-state index contributed by atoms with van der Waals surface area (Å²) in [6, 6.07) is 19.7. The van der Waals surface area contributed by atoms with E-state index in [4.69, 9.17) is 9.94 Å². The smallest absolute Gasteiger partial charge is 0.322 e. The number of anilines is 1. The van der Waals surface area contributed by atoms with Crippen LogP contribution in [0, 0.1) is 0 Å². The van der Waals surface area contributed by atoms with Crippen LogP contribution in [0.5, 0.6) is 5.88 Å². The molecule has 0 radical (unpaired) electrons. The number of carboxylic acid groups (broad SMARTS) is 1. The van der Waals surface area contributed by atoms with Gasteiger partial charge in [-0.25, -0.2) is 0 Å². The molecule has 0 spiro atoms. The van der Waals surface area contributed by atoms with Crippen LogP contribution < -0.4 is 21.2 Å². The zero-order valence-corrected chi connectivity index (χ0v) is 18.9. The monoisotopic (exact) mass is 446 g/mol. The maximum Gasteiger partial charge on any atom is 0.322 e. The summed E-state index contributed by atoms with van der Waals surface area (Å²) in [6.07, 6.45) is 5.96. The van der Waals surface area contributed by atoms with Crippen molar-refractivity contribution in [3.63, 3.8) is 0 Å². The first-order valence-electron chi connectivity index (χ1n) is 10.8. The van der Waals surface area contributed by atoms with Crippen molar-refractivity contribution in [1.82, 2.24) is 15.5 Å². The molecule has 0 unspecified atom stereocenters. The summed E-state index contributed by atoms with van der Waals surface area (Å²) in [7, 11) is 0.